The van der Waals surface area contributed by atoms with Crippen molar-refractivity contribution in [3.8, 4) is 0 Å². The van der Waals surface area contributed by atoms with Gasteiger partial charge in [0.05, 0.1) is 0 Å². The molecule has 0 N–H and O–H groups in total. The maximum atomic E-state index is 13.4. The smallest absolute Gasteiger partial charge is 0.410 e. The molecule has 1 aliphatic carbocycles. The number of carbonyl (C=O) groups is 1. The van der Waals surface area contributed by atoms with Crippen LogP contribution >= 0.6 is 0 Å². The van der Waals surface area contributed by atoms with E-state index in [2.05, 4.69) is 0 Å². The SMILES string of the molecule is CC(C)(C)OC(=O)N1CCCC2(CC2c2cccc(F)c2)C1. The second-order valence-electron chi connectivity index (χ2n) is 7.68. The molecule has 3 nitrogen and oxygen atoms in total. The average molecular weight is 305 g/mol. The summed E-state index contributed by atoms with van der Waals surface area (Å²) >= 11 is 0. The van der Waals surface area contributed by atoms with Crippen molar-refractivity contribution in [2.45, 2.75) is 51.6 Å². The highest BCUT2D eigenvalue weighted by molar-refractivity contribution is 5.68. The molecule has 2 aliphatic rings. The van der Waals surface area contributed by atoms with Crippen LogP contribution in [0.5, 0.6) is 0 Å². The predicted molar refractivity (Wildman–Crippen MR) is 83.2 cm³/mol. The molecule has 22 heavy (non-hydrogen) atoms. The van der Waals surface area contributed by atoms with Crippen molar-refractivity contribution < 1.29 is 13.9 Å². The lowest BCUT2D eigenvalue weighted by atomic mass is 9.90. The van der Waals surface area contributed by atoms with Gasteiger partial charge in [0.15, 0.2) is 0 Å². The van der Waals surface area contributed by atoms with Gasteiger partial charge in [-0.1, -0.05) is 12.1 Å². The van der Waals surface area contributed by atoms with Gasteiger partial charge in [0.25, 0.3) is 0 Å². The van der Waals surface area contributed by atoms with Crippen LogP contribution in [0.25, 0.3) is 0 Å². The molecule has 0 radical (unpaired) electrons. The highest BCUT2D eigenvalue weighted by Gasteiger charge is 2.56. The Hall–Kier alpha value is -1.58. The first-order chi connectivity index (χ1) is 10.3. The van der Waals surface area contributed by atoms with Gasteiger partial charge in [0, 0.05) is 13.1 Å². The first-order valence-electron chi connectivity index (χ1n) is 8.03. The van der Waals surface area contributed by atoms with Gasteiger partial charge in [0.2, 0.25) is 0 Å². The zero-order chi connectivity index (χ0) is 16.0. The summed E-state index contributed by atoms with van der Waals surface area (Å²) in [6, 6.07) is 6.87. The molecule has 1 aromatic carbocycles. The molecule has 2 atom stereocenters. The van der Waals surface area contributed by atoms with E-state index < -0.39 is 5.60 Å². The van der Waals surface area contributed by atoms with E-state index in [0.717, 1.165) is 37.9 Å². The number of amides is 1. The van der Waals surface area contributed by atoms with Gasteiger partial charge in [0.1, 0.15) is 11.4 Å². The van der Waals surface area contributed by atoms with Crippen molar-refractivity contribution in [3.05, 3.63) is 35.6 Å². The summed E-state index contributed by atoms with van der Waals surface area (Å²) in [7, 11) is 0. The maximum Gasteiger partial charge on any atom is 0.410 e. The molecular weight excluding hydrogens is 281 g/mol. The van der Waals surface area contributed by atoms with Crippen molar-refractivity contribution in [1.82, 2.24) is 4.90 Å². The van der Waals surface area contributed by atoms with Crippen molar-refractivity contribution in [2.24, 2.45) is 5.41 Å². The zero-order valence-electron chi connectivity index (χ0n) is 13.6. The average Bonchev–Trinajstić information content (AvgIpc) is 3.10. The fourth-order valence-electron chi connectivity index (χ4n) is 3.64. The maximum absolute atomic E-state index is 13.4. The molecule has 1 saturated heterocycles. The number of likely N-dealkylation sites (tertiary alicyclic amines) is 1. The molecular formula is C18H24FNO2. The van der Waals surface area contributed by atoms with Crippen LogP contribution in [0.1, 0.15) is 51.5 Å². The zero-order valence-corrected chi connectivity index (χ0v) is 13.6. The quantitative estimate of drug-likeness (QED) is 0.773. The summed E-state index contributed by atoms with van der Waals surface area (Å²) in [6.07, 6.45) is 2.91. The van der Waals surface area contributed by atoms with Crippen molar-refractivity contribution in [1.29, 1.82) is 0 Å². The molecule has 4 heteroatoms. The Labute approximate surface area is 131 Å². The van der Waals surface area contributed by atoms with E-state index in [4.69, 9.17) is 4.74 Å². The van der Waals surface area contributed by atoms with Crippen LogP contribution in [-0.4, -0.2) is 29.7 Å². The molecule has 1 spiro atoms. The van der Waals surface area contributed by atoms with Crippen molar-refractivity contribution >= 4 is 6.09 Å². The lowest BCUT2D eigenvalue weighted by Crippen LogP contribution is -2.44. The Kier molecular flexibility index (Phi) is 3.66. The summed E-state index contributed by atoms with van der Waals surface area (Å²) in [6.45, 7) is 7.14. The van der Waals surface area contributed by atoms with Crippen LogP contribution in [0.3, 0.4) is 0 Å². The number of hydrogen-bond donors (Lipinski definition) is 0. The first-order valence-corrected chi connectivity index (χ1v) is 8.03. The monoisotopic (exact) mass is 305 g/mol. The third-order valence-corrected chi connectivity index (χ3v) is 4.70. The fourth-order valence-corrected chi connectivity index (χ4v) is 3.64. The second-order valence-corrected chi connectivity index (χ2v) is 7.68. The first kappa shape index (κ1) is 15.3. The Morgan fingerprint density at radius 2 is 2.18 bits per heavy atom. The minimum absolute atomic E-state index is 0.128. The van der Waals surface area contributed by atoms with Crippen LogP contribution < -0.4 is 0 Å². The Morgan fingerprint density at radius 3 is 2.86 bits per heavy atom. The topological polar surface area (TPSA) is 29.5 Å². The Bertz CT molecular complexity index is 581. The number of hydrogen-bond acceptors (Lipinski definition) is 2. The second kappa shape index (κ2) is 5.25. The van der Waals surface area contributed by atoms with Gasteiger partial charge < -0.3 is 9.64 Å². The van der Waals surface area contributed by atoms with E-state index in [0.29, 0.717) is 5.92 Å². The molecule has 3 rings (SSSR count). The van der Waals surface area contributed by atoms with Crippen LogP contribution in [0.2, 0.25) is 0 Å². The number of nitrogens with zero attached hydrogens (tertiary/aromatic N) is 1. The minimum atomic E-state index is -0.465. The molecule has 0 aromatic heterocycles. The molecule has 0 bridgehead atoms. The number of piperidine rings is 1. The van der Waals surface area contributed by atoms with Gasteiger partial charge >= 0.3 is 6.09 Å². The summed E-state index contributed by atoms with van der Waals surface area (Å²) in [5, 5.41) is 0. The molecule has 120 valence electrons. The lowest BCUT2D eigenvalue weighted by molar-refractivity contribution is 0.0144. The van der Waals surface area contributed by atoms with Gasteiger partial charge in [-0.2, -0.15) is 0 Å². The number of halogens is 1. The molecule has 1 aliphatic heterocycles. The highest BCUT2D eigenvalue weighted by Crippen LogP contribution is 2.63. The molecule has 2 fully saturated rings. The number of carbonyl (C=O) groups excluding carboxylic acids is 1. The van der Waals surface area contributed by atoms with Crippen LogP contribution in [-0.2, 0) is 4.74 Å². The molecule has 1 aromatic rings. The van der Waals surface area contributed by atoms with Crippen molar-refractivity contribution in [3.63, 3.8) is 0 Å². The molecule has 1 amide bonds. The normalized spacial score (nSPS) is 27.8. The standard InChI is InChI=1S/C18H24FNO2/c1-17(2,3)22-16(21)20-9-5-8-18(12-20)11-15(18)13-6-4-7-14(19)10-13/h4,6-7,10,15H,5,8-9,11-12H2,1-3H3. The minimum Gasteiger partial charge on any atom is -0.444 e. The van der Waals surface area contributed by atoms with E-state index in [1.807, 2.05) is 31.7 Å². The number of benzene rings is 1. The molecule has 2 unspecified atom stereocenters. The Balaban J connectivity index is 1.68. The van der Waals surface area contributed by atoms with E-state index in [1.54, 1.807) is 12.1 Å². The van der Waals surface area contributed by atoms with Gasteiger partial charge in [-0.15, -0.1) is 0 Å². The van der Waals surface area contributed by atoms with E-state index in [9.17, 15) is 9.18 Å². The summed E-state index contributed by atoms with van der Waals surface area (Å²) in [5.74, 6) is 0.188. The molecule has 1 heterocycles. The fraction of sp³-hybridized carbons (Fsp3) is 0.611. The van der Waals surface area contributed by atoms with Crippen LogP contribution in [0, 0.1) is 11.2 Å². The summed E-state index contributed by atoms with van der Waals surface area (Å²) in [4.78, 5) is 14.1. The van der Waals surface area contributed by atoms with E-state index in [-0.39, 0.29) is 17.3 Å². The predicted octanol–water partition coefficient (Wildman–Crippen LogP) is 4.33. The largest absolute Gasteiger partial charge is 0.444 e. The van der Waals surface area contributed by atoms with E-state index in [1.165, 1.54) is 6.07 Å². The van der Waals surface area contributed by atoms with Gasteiger partial charge in [-0.05, 0) is 69.1 Å². The lowest BCUT2D eigenvalue weighted by Gasteiger charge is -2.35. The summed E-state index contributed by atoms with van der Waals surface area (Å²) < 4.78 is 18.9. The number of rotatable bonds is 1. The number of ether oxygens (including phenoxy) is 1. The van der Waals surface area contributed by atoms with Crippen LogP contribution in [0.4, 0.5) is 9.18 Å². The van der Waals surface area contributed by atoms with Gasteiger partial charge in [-0.3, -0.25) is 0 Å². The third kappa shape index (κ3) is 3.11. The summed E-state index contributed by atoms with van der Waals surface area (Å²) in [5.41, 5.74) is 0.724. The van der Waals surface area contributed by atoms with E-state index >= 15 is 0 Å². The van der Waals surface area contributed by atoms with Crippen molar-refractivity contribution in [2.75, 3.05) is 13.1 Å². The third-order valence-electron chi connectivity index (χ3n) is 4.70. The van der Waals surface area contributed by atoms with Gasteiger partial charge in [-0.25, -0.2) is 9.18 Å². The Morgan fingerprint density at radius 1 is 1.41 bits per heavy atom. The molecule has 1 saturated carbocycles. The highest BCUT2D eigenvalue weighted by atomic mass is 19.1. The van der Waals surface area contributed by atoms with Crippen LogP contribution in [0.15, 0.2) is 24.3 Å².